The summed E-state index contributed by atoms with van der Waals surface area (Å²) in [5.41, 5.74) is 0.996. The van der Waals surface area contributed by atoms with Gasteiger partial charge in [0, 0.05) is 17.1 Å². The van der Waals surface area contributed by atoms with E-state index >= 15 is 0 Å². The summed E-state index contributed by atoms with van der Waals surface area (Å²) >= 11 is 12.0. The lowest BCUT2D eigenvalue weighted by molar-refractivity contribution is 0.408. The number of hydrogen-bond acceptors (Lipinski definition) is 2. The van der Waals surface area contributed by atoms with Crippen molar-refractivity contribution in [1.82, 2.24) is 5.32 Å². The third-order valence-corrected chi connectivity index (χ3v) is 2.81. The molecule has 0 aliphatic rings. The molecule has 0 unspecified atom stereocenters. The fourth-order valence-electron chi connectivity index (χ4n) is 1.50. The van der Waals surface area contributed by atoms with Gasteiger partial charge in [0.2, 0.25) is 0 Å². The van der Waals surface area contributed by atoms with Crippen molar-refractivity contribution < 1.29 is 4.74 Å². The third kappa shape index (κ3) is 3.85. The van der Waals surface area contributed by atoms with Gasteiger partial charge in [-0.3, -0.25) is 0 Å². The maximum atomic E-state index is 6.04. The normalized spacial score (nSPS) is 10.5. The van der Waals surface area contributed by atoms with Crippen molar-refractivity contribution in [3.8, 4) is 5.75 Å². The highest BCUT2D eigenvalue weighted by molar-refractivity contribution is 6.35. The van der Waals surface area contributed by atoms with E-state index < -0.39 is 0 Å². The van der Waals surface area contributed by atoms with E-state index in [0.29, 0.717) is 15.8 Å². The Morgan fingerprint density at radius 3 is 2.69 bits per heavy atom. The minimum atomic E-state index is 0.558. The van der Waals surface area contributed by atoms with Crippen molar-refractivity contribution in [3.05, 3.63) is 27.7 Å². The first-order valence-electron chi connectivity index (χ1n) is 5.41. The van der Waals surface area contributed by atoms with E-state index in [-0.39, 0.29) is 0 Å². The standard InChI is InChI=1S/C12H17Cl2NO/c1-3-4-5-15-8-9-6-10(13)7-11(14)12(9)16-2/h6-7,15H,3-5,8H2,1-2H3. The molecule has 4 heteroatoms. The van der Waals surface area contributed by atoms with Crippen molar-refractivity contribution >= 4 is 23.2 Å². The Kier molecular flexibility index (Phi) is 5.96. The van der Waals surface area contributed by atoms with Crippen LogP contribution < -0.4 is 10.1 Å². The van der Waals surface area contributed by atoms with Gasteiger partial charge in [-0.25, -0.2) is 0 Å². The number of halogens is 2. The average molecular weight is 262 g/mol. The molecule has 0 bridgehead atoms. The summed E-state index contributed by atoms with van der Waals surface area (Å²) in [4.78, 5) is 0. The van der Waals surface area contributed by atoms with Crippen LogP contribution in [0.1, 0.15) is 25.3 Å². The molecular weight excluding hydrogens is 245 g/mol. The summed E-state index contributed by atoms with van der Waals surface area (Å²) in [7, 11) is 1.62. The van der Waals surface area contributed by atoms with E-state index in [4.69, 9.17) is 27.9 Å². The topological polar surface area (TPSA) is 21.3 Å². The fraction of sp³-hybridized carbons (Fsp3) is 0.500. The molecule has 1 aromatic rings. The highest BCUT2D eigenvalue weighted by Crippen LogP contribution is 2.31. The Bertz CT molecular complexity index is 342. The van der Waals surface area contributed by atoms with E-state index in [9.17, 15) is 0 Å². The van der Waals surface area contributed by atoms with E-state index in [1.165, 1.54) is 6.42 Å². The van der Waals surface area contributed by atoms with E-state index in [0.717, 1.165) is 25.1 Å². The number of unbranched alkanes of at least 4 members (excludes halogenated alkanes) is 1. The van der Waals surface area contributed by atoms with Gasteiger partial charge >= 0.3 is 0 Å². The summed E-state index contributed by atoms with van der Waals surface area (Å²) < 4.78 is 5.26. The van der Waals surface area contributed by atoms with Gasteiger partial charge in [0.15, 0.2) is 0 Å². The van der Waals surface area contributed by atoms with Crippen LogP contribution in [0.4, 0.5) is 0 Å². The van der Waals surface area contributed by atoms with Gasteiger partial charge in [0.1, 0.15) is 5.75 Å². The third-order valence-electron chi connectivity index (χ3n) is 2.31. The van der Waals surface area contributed by atoms with Gasteiger partial charge in [-0.2, -0.15) is 0 Å². The first kappa shape index (κ1) is 13.6. The fourth-order valence-corrected chi connectivity index (χ4v) is 2.11. The Balaban J connectivity index is 2.69. The second-order valence-corrected chi connectivity index (χ2v) is 4.45. The summed E-state index contributed by atoms with van der Waals surface area (Å²) in [5.74, 6) is 0.704. The molecule has 0 amide bonds. The molecule has 0 aliphatic carbocycles. The maximum Gasteiger partial charge on any atom is 0.142 e. The number of ether oxygens (including phenoxy) is 1. The quantitative estimate of drug-likeness (QED) is 0.785. The molecule has 0 spiro atoms. The Morgan fingerprint density at radius 1 is 1.31 bits per heavy atom. The molecule has 0 aromatic heterocycles. The molecule has 0 saturated heterocycles. The van der Waals surface area contributed by atoms with Crippen LogP contribution in [-0.2, 0) is 6.54 Å². The Hall–Kier alpha value is -0.440. The molecular formula is C12H17Cl2NO. The number of nitrogens with one attached hydrogen (secondary N) is 1. The lowest BCUT2D eigenvalue weighted by atomic mass is 10.2. The van der Waals surface area contributed by atoms with Gasteiger partial charge < -0.3 is 10.1 Å². The number of rotatable bonds is 6. The lowest BCUT2D eigenvalue weighted by Gasteiger charge is -2.11. The molecule has 2 nitrogen and oxygen atoms in total. The van der Waals surface area contributed by atoms with Crippen molar-refractivity contribution in [2.75, 3.05) is 13.7 Å². The molecule has 1 N–H and O–H groups in total. The predicted octanol–water partition coefficient (Wildman–Crippen LogP) is 3.89. The molecule has 16 heavy (non-hydrogen) atoms. The zero-order valence-corrected chi connectivity index (χ0v) is 11.2. The molecule has 0 heterocycles. The van der Waals surface area contributed by atoms with Crippen LogP contribution in [0.15, 0.2) is 12.1 Å². The zero-order valence-electron chi connectivity index (χ0n) is 9.65. The predicted molar refractivity (Wildman–Crippen MR) is 69.6 cm³/mol. The van der Waals surface area contributed by atoms with Crippen molar-refractivity contribution in [1.29, 1.82) is 0 Å². The average Bonchev–Trinajstić information content (AvgIpc) is 2.24. The van der Waals surface area contributed by atoms with Gasteiger partial charge in [-0.1, -0.05) is 36.5 Å². The van der Waals surface area contributed by atoms with Crippen molar-refractivity contribution in [2.45, 2.75) is 26.3 Å². The molecule has 1 rings (SSSR count). The highest BCUT2D eigenvalue weighted by atomic mass is 35.5. The molecule has 0 saturated carbocycles. The molecule has 0 radical (unpaired) electrons. The minimum Gasteiger partial charge on any atom is -0.495 e. The van der Waals surface area contributed by atoms with Gasteiger partial charge in [-0.05, 0) is 25.1 Å². The van der Waals surface area contributed by atoms with Crippen LogP contribution in [0, 0.1) is 0 Å². The molecule has 0 fully saturated rings. The molecule has 90 valence electrons. The first-order chi connectivity index (χ1) is 7.69. The van der Waals surface area contributed by atoms with Gasteiger partial charge in [0.05, 0.1) is 12.1 Å². The van der Waals surface area contributed by atoms with Gasteiger partial charge in [0.25, 0.3) is 0 Å². The second kappa shape index (κ2) is 7.00. The SMILES string of the molecule is CCCCNCc1cc(Cl)cc(Cl)c1OC. The summed E-state index contributed by atoms with van der Waals surface area (Å²) in [6.45, 7) is 3.88. The molecule has 0 aliphatic heterocycles. The van der Waals surface area contributed by atoms with Crippen LogP contribution in [0.5, 0.6) is 5.75 Å². The largest absolute Gasteiger partial charge is 0.495 e. The van der Waals surface area contributed by atoms with E-state index in [1.807, 2.05) is 6.07 Å². The Labute approximate surface area is 107 Å². The van der Waals surface area contributed by atoms with Crippen LogP contribution in [0.25, 0.3) is 0 Å². The minimum absolute atomic E-state index is 0.558. The summed E-state index contributed by atoms with van der Waals surface area (Å²) in [6.07, 6.45) is 2.34. The van der Waals surface area contributed by atoms with Crippen molar-refractivity contribution in [3.63, 3.8) is 0 Å². The highest BCUT2D eigenvalue weighted by Gasteiger charge is 2.08. The second-order valence-electron chi connectivity index (χ2n) is 3.61. The van der Waals surface area contributed by atoms with Crippen LogP contribution in [0.2, 0.25) is 10.0 Å². The van der Waals surface area contributed by atoms with E-state index in [1.54, 1.807) is 13.2 Å². The van der Waals surface area contributed by atoms with Gasteiger partial charge in [-0.15, -0.1) is 0 Å². The number of hydrogen-bond donors (Lipinski definition) is 1. The van der Waals surface area contributed by atoms with E-state index in [2.05, 4.69) is 12.2 Å². The van der Waals surface area contributed by atoms with Crippen LogP contribution in [0.3, 0.4) is 0 Å². The number of benzene rings is 1. The molecule has 1 aromatic carbocycles. The monoisotopic (exact) mass is 261 g/mol. The first-order valence-corrected chi connectivity index (χ1v) is 6.17. The number of methoxy groups -OCH3 is 1. The van der Waals surface area contributed by atoms with Crippen LogP contribution >= 0.6 is 23.2 Å². The smallest absolute Gasteiger partial charge is 0.142 e. The van der Waals surface area contributed by atoms with Crippen LogP contribution in [-0.4, -0.2) is 13.7 Å². The molecule has 0 atom stereocenters. The van der Waals surface area contributed by atoms with Crippen molar-refractivity contribution in [2.24, 2.45) is 0 Å². The maximum absolute atomic E-state index is 6.04. The summed E-state index contributed by atoms with van der Waals surface area (Å²) in [6, 6.07) is 3.57. The zero-order chi connectivity index (χ0) is 12.0. The lowest BCUT2D eigenvalue weighted by Crippen LogP contribution is -2.15. The Morgan fingerprint density at radius 2 is 2.06 bits per heavy atom. The summed E-state index contributed by atoms with van der Waals surface area (Å²) in [5, 5.41) is 4.53.